The van der Waals surface area contributed by atoms with Crippen molar-refractivity contribution in [2.75, 3.05) is 0 Å². The number of halogens is 1. The van der Waals surface area contributed by atoms with Crippen molar-refractivity contribution in [3.05, 3.63) is 59.0 Å². The number of amides is 2. The number of nitrogens with one attached hydrogen (secondary N) is 2. The monoisotopic (exact) mass is 334 g/mol. The second kappa shape index (κ2) is 7.83. The van der Waals surface area contributed by atoms with Crippen molar-refractivity contribution in [2.45, 2.75) is 26.4 Å². The molecule has 122 valence electrons. The van der Waals surface area contributed by atoms with E-state index in [1.807, 2.05) is 26.0 Å². The van der Waals surface area contributed by atoms with E-state index in [0.29, 0.717) is 11.6 Å². The Kier molecular flexibility index (Phi) is 5.82. The molecule has 23 heavy (non-hydrogen) atoms. The van der Waals surface area contributed by atoms with Gasteiger partial charge in [0, 0.05) is 11.6 Å². The number of carbonyl (C=O) groups is 2. The van der Waals surface area contributed by atoms with Crippen LogP contribution in [0.15, 0.2) is 47.1 Å². The molecule has 2 rings (SSSR count). The number of furan rings is 1. The first-order valence-corrected chi connectivity index (χ1v) is 7.71. The van der Waals surface area contributed by atoms with Gasteiger partial charge in [-0.1, -0.05) is 37.6 Å². The molecule has 0 bridgehead atoms. The van der Waals surface area contributed by atoms with Gasteiger partial charge in [0.05, 0.1) is 6.26 Å². The molecule has 0 aliphatic carbocycles. The highest BCUT2D eigenvalue weighted by Gasteiger charge is 2.25. The molecule has 1 aromatic carbocycles. The molecule has 1 atom stereocenters. The van der Waals surface area contributed by atoms with Crippen molar-refractivity contribution in [2.24, 2.45) is 5.92 Å². The lowest BCUT2D eigenvalue weighted by Crippen LogP contribution is -2.49. The first kappa shape index (κ1) is 17.1. The summed E-state index contributed by atoms with van der Waals surface area (Å²) in [5, 5.41) is 6.12. The van der Waals surface area contributed by atoms with E-state index in [2.05, 4.69) is 10.6 Å². The molecule has 5 nitrogen and oxygen atoms in total. The van der Waals surface area contributed by atoms with E-state index in [9.17, 15) is 9.59 Å². The van der Waals surface area contributed by atoms with Crippen molar-refractivity contribution in [3.8, 4) is 0 Å². The molecule has 1 heterocycles. The normalized spacial score (nSPS) is 12.0. The summed E-state index contributed by atoms with van der Waals surface area (Å²) in [4.78, 5) is 24.4. The molecule has 0 saturated heterocycles. The number of benzene rings is 1. The van der Waals surface area contributed by atoms with Gasteiger partial charge < -0.3 is 15.1 Å². The lowest BCUT2D eigenvalue weighted by molar-refractivity contribution is -0.124. The van der Waals surface area contributed by atoms with Gasteiger partial charge in [-0.3, -0.25) is 9.59 Å². The van der Waals surface area contributed by atoms with Gasteiger partial charge in [-0.05, 0) is 35.7 Å². The first-order chi connectivity index (χ1) is 11.0. The van der Waals surface area contributed by atoms with Crippen LogP contribution >= 0.6 is 11.6 Å². The lowest BCUT2D eigenvalue weighted by Gasteiger charge is -2.21. The van der Waals surface area contributed by atoms with Crippen LogP contribution in [0, 0.1) is 5.92 Å². The van der Waals surface area contributed by atoms with Crippen molar-refractivity contribution in [3.63, 3.8) is 0 Å². The standard InChI is InChI=1S/C17H19ClN2O3/c1-11(2)15(20-16(21)14-7-4-8-23-14)17(22)19-10-12-5-3-6-13(18)9-12/h3-9,11,15H,10H2,1-2H3,(H,19,22)(H,20,21). The molecule has 2 aromatic rings. The molecule has 0 radical (unpaired) electrons. The number of carbonyl (C=O) groups excluding carboxylic acids is 2. The molecule has 0 saturated carbocycles. The molecule has 6 heteroatoms. The van der Waals surface area contributed by atoms with Crippen LogP contribution in [0.3, 0.4) is 0 Å². The summed E-state index contributed by atoms with van der Waals surface area (Å²) in [6, 6.07) is 9.78. The van der Waals surface area contributed by atoms with Crippen molar-refractivity contribution >= 4 is 23.4 Å². The van der Waals surface area contributed by atoms with Gasteiger partial charge in [-0.15, -0.1) is 0 Å². The van der Waals surface area contributed by atoms with Gasteiger partial charge in [-0.25, -0.2) is 0 Å². The highest BCUT2D eigenvalue weighted by Crippen LogP contribution is 2.11. The van der Waals surface area contributed by atoms with Gasteiger partial charge in [-0.2, -0.15) is 0 Å². The SMILES string of the molecule is CC(C)C(NC(=O)c1ccco1)C(=O)NCc1cccc(Cl)c1. The van der Waals surface area contributed by atoms with Gasteiger partial charge in [0.25, 0.3) is 5.91 Å². The smallest absolute Gasteiger partial charge is 0.287 e. The summed E-state index contributed by atoms with van der Waals surface area (Å²) in [6.45, 7) is 4.08. The van der Waals surface area contributed by atoms with Crippen LogP contribution in [0.4, 0.5) is 0 Å². The average molecular weight is 335 g/mol. The van der Waals surface area contributed by atoms with Crippen LogP contribution in [0.25, 0.3) is 0 Å². The Morgan fingerprint density at radius 1 is 1.22 bits per heavy atom. The van der Waals surface area contributed by atoms with Gasteiger partial charge in [0.2, 0.25) is 5.91 Å². The van der Waals surface area contributed by atoms with Crippen LogP contribution in [-0.4, -0.2) is 17.9 Å². The fourth-order valence-electron chi connectivity index (χ4n) is 2.10. The second-order valence-corrected chi connectivity index (χ2v) is 5.96. The molecule has 0 aliphatic rings. The maximum absolute atomic E-state index is 12.4. The minimum absolute atomic E-state index is 0.0618. The summed E-state index contributed by atoms with van der Waals surface area (Å²) in [7, 11) is 0. The Labute approximate surface area is 140 Å². The van der Waals surface area contributed by atoms with E-state index in [-0.39, 0.29) is 17.6 Å². The van der Waals surface area contributed by atoms with Crippen molar-refractivity contribution in [1.29, 1.82) is 0 Å². The summed E-state index contributed by atoms with van der Waals surface area (Å²) in [5.74, 6) is -0.543. The topological polar surface area (TPSA) is 71.3 Å². The molecule has 0 fully saturated rings. The molecular formula is C17H19ClN2O3. The third-order valence-corrected chi connectivity index (χ3v) is 3.57. The highest BCUT2D eigenvalue weighted by atomic mass is 35.5. The zero-order valence-corrected chi connectivity index (χ0v) is 13.8. The predicted molar refractivity (Wildman–Crippen MR) is 88.1 cm³/mol. The van der Waals surface area contributed by atoms with Gasteiger partial charge in [0.1, 0.15) is 6.04 Å². The van der Waals surface area contributed by atoms with Crippen LogP contribution in [0.1, 0.15) is 30.0 Å². The van der Waals surface area contributed by atoms with E-state index in [0.717, 1.165) is 5.56 Å². The second-order valence-electron chi connectivity index (χ2n) is 5.52. The molecule has 2 N–H and O–H groups in total. The maximum atomic E-state index is 12.4. The Hall–Kier alpha value is -2.27. The Balaban J connectivity index is 1.97. The highest BCUT2D eigenvalue weighted by molar-refractivity contribution is 6.30. The van der Waals surface area contributed by atoms with Gasteiger partial charge in [0.15, 0.2) is 5.76 Å². The summed E-state index contributed by atoms with van der Waals surface area (Å²) >= 11 is 5.92. The molecule has 0 spiro atoms. The summed E-state index contributed by atoms with van der Waals surface area (Å²) in [5.41, 5.74) is 0.894. The molecule has 0 aliphatic heterocycles. The van der Waals surface area contributed by atoms with E-state index >= 15 is 0 Å². The average Bonchev–Trinajstić information content (AvgIpc) is 3.04. The maximum Gasteiger partial charge on any atom is 0.287 e. The molecule has 2 amide bonds. The predicted octanol–water partition coefficient (Wildman–Crippen LogP) is 3.00. The van der Waals surface area contributed by atoms with Gasteiger partial charge >= 0.3 is 0 Å². The summed E-state index contributed by atoms with van der Waals surface area (Å²) in [6.07, 6.45) is 1.42. The lowest BCUT2D eigenvalue weighted by atomic mass is 10.0. The number of hydrogen-bond donors (Lipinski definition) is 2. The first-order valence-electron chi connectivity index (χ1n) is 7.34. The van der Waals surface area contributed by atoms with Crippen LogP contribution in [0.2, 0.25) is 5.02 Å². The van der Waals surface area contributed by atoms with Crippen LogP contribution < -0.4 is 10.6 Å². The van der Waals surface area contributed by atoms with Crippen molar-refractivity contribution < 1.29 is 14.0 Å². The third-order valence-electron chi connectivity index (χ3n) is 3.34. The van der Waals surface area contributed by atoms with E-state index in [4.69, 9.17) is 16.0 Å². The third kappa shape index (κ3) is 4.86. The largest absolute Gasteiger partial charge is 0.459 e. The summed E-state index contributed by atoms with van der Waals surface area (Å²) < 4.78 is 5.04. The fourth-order valence-corrected chi connectivity index (χ4v) is 2.31. The quantitative estimate of drug-likeness (QED) is 0.853. The minimum atomic E-state index is -0.646. The molecule has 1 unspecified atom stereocenters. The zero-order chi connectivity index (χ0) is 16.8. The Bertz CT molecular complexity index is 668. The van der Waals surface area contributed by atoms with E-state index in [1.165, 1.54) is 6.26 Å². The number of hydrogen-bond acceptors (Lipinski definition) is 3. The Morgan fingerprint density at radius 2 is 2.00 bits per heavy atom. The van der Waals surface area contributed by atoms with E-state index < -0.39 is 11.9 Å². The van der Waals surface area contributed by atoms with Crippen LogP contribution in [0.5, 0.6) is 0 Å². The fraction of sp³-hybridized carbons (Fsp3) is 0.294. The molecular weight excluding hydrogens is 316 g/mol. The Morgan fingerprint density at radius 3 is 2.61 bits per heavy atom. The van der Waals surface area contributed by atoms with Crippen molar-refractivity contribution in [1.82, 2.24) is 10.6 Å². The van der Waals surface area contributed by atoms with Crippen LogP contribution in [-0.2, 0) is 11.3 Å². The molecule has 1 aromatic heterocycles. The zero-order valence-electron chi connectivity index (χ0n) is 13.0. The number of rotatable bonds is 6. The van der Waals surface area contributed by atoms with E-state index in [1.54, 1.807) is 24.3 Å². The minimum Gasteiger partial charge on any atom is -0.459 e.